The minimum atomic E-state index is -0.679. The van der Waals surface area contributed by atoms with Gasteiger partial charge in [0.25, 0.3) is 0 Å². The van der Waals surface area contributed by atoms with Crippen molar-refractivity contribution >= 4 is 12.1 Å². The topological polar surface area (TPSA) is 71.1 Å². The van der Waals surface area contributed by atoms with E-state index >= 15 is 0 Å². The standard InChI is InChI=1S/C9H12O6/c1-2-8(10)13-4-3-12-5-7-6-14-9(11)15-7/h2,7H,1,3-6H2. The maximum atomic E-state index is 10.6. The SMILES string of the molecule is C=CC(=O)OCCOCC1COC(=O)O1. The van der Waals surface area contributed by atoms with Crippen molar-refractivity contribution in [2.45, 2.75) is 6.10 Å². The summed E-state index contributed by atoms with van der Waals surface area (Å²) in [6.07, 6.45) is 0.0290. The summed E-state index contributed by atoms with van der Waals surface area (Å²) in [7, 11) is 0. The largest absolute Gasteiger partial charge is 0.508 e. The summed E-state index contributed by atoms with van der Waals surface area (Å²) in [5.41, 5.74) is 0. The highest BCUT2D eigenvalue weighted by Crippen LogP contribution is 2.05. The molecule has 15 heavy (non-hydrogen) atoms. The number of hydrogen-bond acceptors (Lipinski definition) is 6. The van der Waals surface area contributed by atoms with Gasteiger partial charge in [-0.2, -0.15) is 0 Å². The van der Waals surface area contributed by atoms with Crippen LogP contribution in [0.4, 0.5) is 4.79 Å². The summed E-state index contributed by atoms with van der Waals surface area (Å²) in [6.45, 7) is 4.06. The predicted molar refractivity (Wildman–Crippen MR) is 48.2 cm³/mol. The summed E-state index contributed by atoms with van der Waals surface area (Å²) < 4.78 is 19.0. The molecule has 1 aliphatic rings. The number of carbonyl (C=O) groups excluding carboxylic acids is 2. The number of rotatable bonds is 6. The smallest absolute Gasteiger partial charge is 0.460 e. The fraction of sp³-hybridized carbons (Fsp3) is 0.556. The van der Waals surface area contributed by atoms with Crippen LogP contribution in [0.1, 0.15) is 0 Å². The van der Waals surface area contributed by atoms with E-state index in [0.717, 1.165) is 6.08 Å². The van der Waals surface area contributed by atoms with E-state index in [1.165, 1.54) is 0 Å². The predicted octanol–water partition coefficient (Wildman–Crippen LogP) is 0.268. The first kappa shape index (κ1) is 11.5. The summed E-state index contributed by atoms with van der Waals surface area (Å²) in [5, 5.41) is 0. The van der Waals surface area contributed by atoms with E-state index in [2.05, 4.69) is 16.1 Å². The summed E-state index contributed by atoms with van der Waals surface area (Å²) in [5.74, 6) is -0.491. The Kier molecular flexibility index (Phi) is 4.62. The molecular formula is C9H12O6. The minimum absolute atomic E-state index is 0.145. The van der Waals surface area contributed by atoms with E-state index in [9.17, 15) is 9.59 Å². The minimum Gasteiger partial charge on any atom is -0.460 e. The van der Waals surface area contributed by atoms with Gasteiger partial charge in [-0.1, -0.05) is 6.58 Å². The fourth-order valence-corrected chi connectivity index (χ4v) is 0.922. The quantitative estimate of drug-likeness (QED) is 0.360. The van der Waals surface area contributed by atoms with Gasteiger partial charge < -0.3 is 18.9 Å². The van der Waals surface area contributed by atoms with Gasteiger partial charge in [0.05, 0.1) is 13.2 Å². The second kappa shape index (κ2) is 6.02. The van der Waals surface area contributed by atoms with Crippen molar-refractivity contribution in [3.63, 3.8) is 0 Å². The molecule has 84 valence electrons. The maximum absolute atomic E-state index is 10.6. The van der Waals surface area contributed by atoms with E-state index in [4.69, 9.17) is 9.47 Å². The number of cyclic esters (lactones) is 2. The highest BCUT2D eigenvalue weighted by Gasteiger charge is 2.24. The molecular weight excluding hydrogens is 204 g/mol. The van der Waals surface area contributed by atoms with Gasteiger partial charge in [0.15, 0.2) is 6.10 Å². The van der Waals surface area contributed by atoms with E-state index in [0.29, 0.717) is 0 Å². The molecule has 1 aliphatic heterocycles. The molecule has 1 atom stereocenters. The first-order valence-corrected chi connectivity index (χ1v) is 4.42. The Labute approximate surface area is 86.7 Å². The zero-order valence-corrected chi connectivity index (χ0v) is 8.14. The van der Waals surface area contributed by atoms with E-state index in [1.807, 2.05) is 0 Å². The van der Waals surface area contributed by atoms with E-state index < -0.39 is 12.1 Å². The summed E-state index contributed by atoms with van der Waals surface area (Å²) >= 11 is 0. The fourth-order valence-electron chi connectivity index (χ4n) is 0.922. The third-order valence-electron chi connectivity index (χ3n) is 1.59. The van der Waals surface area contributed by atoms with Gasteiger partial charge in [-0.05, 0) is 0 Å². The third-order valence-corrected chi connectivity index (χ3v) is 1.59. The van der Waals surface area contributed by atoms with Crippen LogP contribution in [-0.4, -0.2) is 44.7 Å². The second-order valence-corrected chi connectivity index (χ2v) is 2.75. The van der Waals surface area contributed by atoms with Crippen LogP contribution in [0.15, 0.2) is 12.7 Å². The molecule has 1 unspecified atom stereocenters. The van der Waals surface area contributed by atoms with Crippen LogP contribution in [-0.2, 0) is 23.7 Å². The lowest BCUT2D eigenvalue weighted by atomic mass is 10.4. The molecule has 0 aromatic rings. The zero-order valence-electron chi connectivity index (χ0n) is 8.14. The van der Waals surface area contributed by atoms with Crippen molar-refractivity contribution in [3.05, 3.63) is 12.7 Å². The molecule has 1 heterocycles. The maximum Gasteiger partial charge on any atom is 0.508 e. The lowest BCUT2D eigenvalue weighted by molar-refractivity contribution is -0.139. The average Bonchev–Trinajstić information content (AvgIpc) is 2.63. The van der Waals surface area contributed by atoms with Gasteiger partial charge in [0.1, 0.15) is 13.2 Å². The molecule has 6 heteroatoms. The Balaban J connectivity index is 1.95. The van der Waals surface area contributed by atoms with Crippen LogP contribution >= 0.6 is 0 Å². The molecule has 0 amide bonds. The molecule has 1 saturated heterocycles. The van der Waals surface area contributed by atoms with Gasteiger partial charge in [0.2, 0.25) is 0 Å². The van der Waals surface area contributed by atoms with Gasteiger partial charge in [-0.3, -0.25) is 0 Å². The number of hydrogen-bond donors (Lipinski definition) is 0. The highest BCUT2D eigenvalue weighted by atomic mass is 16.8. The molecule has 6 nitrogen and oxygen atoms in total. The van der Waals surface area contributed by atoms with Crippen molar-refractivity contribution in [2.24, 2.45) is 0 Å². The van der Waals surface area contributed by atoms with Crippen molar-refractivity contribution in [3.8, 4) is 0 Å². The van der Waals surface area contributed by atoms with Gasteiger partial charge in [-0.15, -0.1) is 0 Å². The molecule has 0 bridgehead atoms. The number of esters is 1. The lowest BCUT2D eigenvalue weighted by Gasteiger charge is -2.07. The Morgan fingerprint density at radius 3 is 3.00 bits per heavy atom. The Bertz CT molecular complexity index is 249. The zero-order chi connectivity index (χ0) is 11.1. The number of ether oxygens (including phenoxy) is 4. The van der Waals surface area contributed by atoms with Crippen LogP contribution in [0, 0.1) is 0 Å². The molecule has 0 saturated carbocycles. The molecule has 1 rings (SSSR count). The van der Waals surface area contributed by atoms with E-state index in [-0.39, 0.29) is 32.5 Å². The van der Waals surface area contributed by atoms with Crippen molar-refractivity contribution in [1.29, 1.82) is 0 Å². The first-order valence-electron chi connectivity index (χ1n) is 4.42. The lowest BCUT2D eigenvalue weighted by Crippen LogP contribution is -2.20. The van der Waals surface area contributed by atoms with Gasteiger partial charge >= 0.3 is 12.1 Å². The Morgan fingerprint density at radius 1 is 1.60 bits per heavy atom. The molecule has 0 aromatic carbocycles. The van der Waals surface area contributed by atoms with Crippen LogP contribution in [0.2, 0.25) is 0 Å². The molecule has 0 N–H and O–H groups in total. The summed E-state index contributed by atoms with van der Waals surface area (Å²) in [6, 6.07) is 0. The number of carbonyl (C=O) groups is 2. The first-order chi connectivity index (χ1) is 7.22. The second-order valence-electron chi connectivity index (χ2n) is 2.75. The third kappa shape index (κ3) is 4.46. The van der Waals surface area contributed by atoms with Gasteiger partial charge in [0, 0.05) is 6.08 Å². The van der Waals surface area contributed by atoms with E-state index in [1.54, 1.807) is 0 Å². The van der Waals surface area contributed by atoms with Crippen LogP contribution in [0.5, 0.6) is 0 Å². The highest BCUT2D eigenvalue weighted by molar-refractivity contribution is 5.81. The van der Waals surface area contributed by atoms with Crippen molar-refractivity contribution in [2.75, 3.05) is 26.4 Å². The Morgan fingerprint density at radius 2 is 2.40 bits per heavy atom. The van der Waals surface area contributed by atoms with Crippen molar-refractivity contribution < 1.29 is 28.5 Å². The normalized spacial score (nSPS) is 19.2. The molecule has 0 spiro atoms. The molecule has 1 fully saturated rings. The van der Waals surface area contributed by atoms with Crippen molar-refractivity contribution in [1.82, 2.24) is 0 Å². The monoisotopic (exact) mass is 216 g/mol. The Hall–Kier alpha value is -1.56. The molecule has 0 aromatic heterocycles. The van der Waals surface area contributed by atoms with Crippen LogP contribution < -0.4 is 0 Å². The molecule has 0 radical (unpaired) electrons. The van der Waals surface area contributed by atoms with Crippen LogP contribution in [0.25, 0.3) is 0 Å². The van der Waals surface area contributed by atoms with Crippen LogP contribution in [0.3, 0.4) is 0 Å². The average molecular weight is 216 g/mol. The summed E-state index contributed by atoms with van der Waals surface area (Å²) in [4.78, 5) is 21.1. The molecule has 0 aliphatic carbocycles. The van der Waals surface area contributed by atoms with Gasteiger partial charge in [-0.25, -0.2) is 9.59 Å².